The van der Waals surface area contributed by atoms with Crippen LogP contribution in [0.5, 0.6) is 0 Å². The molecule has 0 saturated heterocycles. The van der Waals surface area contributed by atoms with Gasteiger partial charge in [-0.2, -0.15) is 0 Å². The van der Waals surface area contributed by atoms with Gasteiger partial charge in [-0.05, 0) is 54.7 Å². The summed E-state index contributed by atoms with van der Waals surface area (Å²) in [6.07, 6.45) is 1.05. The van der Waals surface area contributed by atoms with Gasteiger partial charge in [-0.15, -0.1) is 0 Å². The van der Waals surface area contributed by atoms with Crippen LogP contribution in [0.15, 0.2) is 48.5 Å². The Morgan fingerprint density at radius 3 is 1.89 bits per heavy atom. The molecule has 3 N–H and O–H groups in total. The molecule has 0 spiro atoms. The van der Waals surface area contributed by atoms with Crippen molar-refractivity contribution in [3.05, 3.63) is 54.1 Å². The number of anilines is 3. The zero-order valence-electron chi connectivity index (χ0n) is 16.3. The molecule has 0 bridgehead atoms. The summed E-state index contributed by atoms with van der Waals surface area (Å²) in [5.41, 5.74) is 2.00. The molecule has 1 aliphatic rings. The van der Waals surface area contributed by atoms with Gasteiger partial charge >= 0.3 is 0 Å². The number of carbonyl (C=O) groups excluding carboxylic acids is 3. The van der Waals surface area contributed by atoms with Crippen molar-refractivity contribution in [2.45, 2.75) is 39.5 Å². The molecule has 0 radical (unpaired) electrons. The Kier molecular flexibility index (Phi) is 5.49. The smallest absolute Gasteiger partial charge is 0.240 e. The zero-order chi connectivity index (χ0) is 20.3. The molecule has 2 aromatic rings. The fourth-order valence-electron chi connectivity index (χ4n) is 3.13. The minimum absolute atomic E-state index is 0.160. The van der Waals surface area contributed by atoms with Gasteiger partial charge in [0.1, 0.15) is 5.41 Å². The number of amides is 3. The molecule has 6 nitrogen and oxygen atoms in total. The number of hydrogen-bond acceptors (Lipinski definition) is 3. The van der Waals surface area contributed by atoms with Crippen molar-refractivity contribution in [2.24, 2.45) is 5.41 Å². The molecule has 0 unspecified atom stereocenters. The highest BCUT2D eigenvalue weighted by Gasteiger charge is 2.56. The van der Waals surface area contributed by atoms with Gasteiger partial charge < -0.3 is 16.0 Å². The van der Waals surface area contributed by atoms with E-state index in [0.717, 1.165) is 11.3 Å². The summed E-state index contributed by atoms with van der Waals surface area (Å²) in [5, 5.41) is 8.43. The number of benzene rings is 2. The summed E-state index contributed by atoms with van der Waals surface area (Å²) in [5.74, 6) is -0.470. The Balaban J connectivity index is 1.68. The highest BCUT2D eigenvalue weighted by atomic mass is 16.2. The van der Waals surface area contributed by atoms with E-state index >= 15 is 0 Å². The third-order valence-electron chi connectivity index (χ3n) is 4.91. The summed E-state index contributed by atoms with van der Waals surface area (Å²) >= 11 is 0. The van der Waals surface area contributed by atoms with E-state index in [1.807, 2.05) is 24.3 Å². The van der Waals surface area contributed by atoms with Gasteiger partial charge in [0, 0.05) is 24.0 Å². The Morgan fingerprint density at radius 2 is 1.36 bits per heavy atom. The molecule has 3 amide bonds. The largest absolute Gasteiger partial charge is 0.326 e. The van der Waals surface area contributed by atoms with Crippen LogP contribution in [0.3, 0.4) is 0 Å². The lowest BCUT2D eigenvalue weighted by Gasteiger charge is -2.18. The molecule has 1 fully saturated rings. The second kappa shape index (κ2) is 7.84. The molecule has 0 atom stereocenters. The van der Waals surface area contributed by atoms with Gasteiger partial charge in [-0.1, -0.05) is 32.0 Å². The molecule has 2 aromatic carbocycles. The molecular formula is C22H25N3O3. The van der Waals surface area contributed by atoms with Gasteiger partial charge in [0.15, 0.2) is 0 Å². The number of rotatable bonds is 6. The number of hydrogen-bond donors (Lipinski definition) is 3. The summed E-state index contributed by atoms with van der Waals surface area (Å²) < 4.78 is 0. The molecular weight excluding hydrogens is 354 g/mol. The Bertz CT molecular complexity index is 899. The molecule has 6 heteroatoms. The van der Waals surface area contributed by atoms with Crippen LogP contribution in [0.1, 0.15) is 45.1 Å². The van der Waals surface area contributed by atoms with Crippen LogP contribution in [-0.2, 0) is 14.4 Å². The van der Waals surface area contributed by atoms with E-state index in [2.05, 4.69) is 29.8 Å². The zero-order valence-corrected chi connectivity index (χ0v) is 16.3. The Labute approximate surface area is 164 Å². The Hall–Kier alpha value is -3.15. The first-order valence-corrected chi connectivity index (χ1v) is 9.41. The maximum atomic E-state index is 12.9. The quantitative estimate of drug-likeness (QED) is 0.660. The average molecular weight is 379 g/mol. The van der Waals surface area contributed by atoms with Crippen LogP contribution in [0.4, 0.5) is 17.1 Å². The summed E-state index contributed by atoms with van der Waals surface area (Å²) in [7, 11) is 0. The summed E-state index contributed by atoms with van der Waals surface area (Å²) in [4.78, 5) is 36.7. The summed E-state index contributed by atoms with van der Waals surface area (Å²) in [6, 6.07) is 14.5. The number of para-hydroxylation sites is 1. The van der Waals surface area contributed by atoms with E-state index in [0.29, 0.717) is 24.2 Å². The predicted molar refractivity (Wildman–Crippen MR) is 110 cm³/mol. The first-order valence-electron chi connectivity index (χ1n) is 9.41. The molecule has 0 aromatic heterocycles. The van der Waals surface area contributed by atoms with Crippen molar-refractivity contribution >= 4 is 34.8 Å². The lowest BCUT2D eigenvalue weighted by Crippen LogP contribution is -2.35. The highest BCUT2D eigenvalue weighted by Crippen LogP contribution is 2.47. The molecule has 0 heterocycles. The van der Waals surface area contributed by atoms with Gasteiger partial charge in [0.2, 0.25) is 17.7 Å². The van der Waals surface area contributed by atoms with E-state index in [1.165, 1.54) is 6.92 Å². The van der Waals surface area contributed by atoms with E-state index < -0.39 is 5.41 Å². The van der Waals surface area contributed by atoms with Gasteiger partial charge in [0.05, 0.1) is 0 Å². The van der Waals surface area contributed by atoms with Gasteiger partial charge in [0.25, 0.3) is 0 Å². The maximum Gasteiger partial charge on any atom is 0.240 e. The highest BCUT2D eigenvalue weighted by molar-refractivity contribution is 6.17. The standard InChI is InChI=1S/C22H25N3O3/c1-14(2)18-6-4-5-7-19(18)25-21(28)22(12-13-22)20(27)24-17-10-8-16(9-11-17)23-15(3)26/h4-11,14H,12-13H2,1-3H3,(H,23,26)(H,24,27)(H,25,28). The second-order valence-corrected chi connectivity index (χ2v) is 7.49. The third-order valence-corrected chi connectivity index (χ3v) is 4.91. The van der Waals surface area contributed by atoms with E-state index in [1.54, 1.807) is 24.3 Å². The lowest BCUT2D eigenvalue weighted by molar-refractivity contribution is -0.131. The van der Waals surface area contributed by atoms with Crippen molar-refractivity contribution in [1.29, 1.82) is 0 Å². The van der Waals surface area contributed by atoms with Crippen molar-refractivity contribution in [2.75, 3.05) is 16.0 Å². The first kappa shape index (κ1) is 19.6. The minimum Gasteiger partial charge on any atom is -0.326 e. The molecule has 3 rings (SSSR count). The lowest BCUT2D eigenvalue weighted by atomic mass is 9.99. The number of carbonyl (C=O) groups is 3. The van der Waals surface area contributed by atoms with Crippen molar-refractivity contribution < 1.29 is 14.4 Å². The third kappa shape index (κ3) is 4.22. The van der Waals surface area contributed by atoms with E-state index in [-0.39, 0.29) is 23.6 Å². The first-order chi connectivity index (χ1) is 13.3. The van der Waals surface area contributed by atoms with Crippen LogP contribution in [-0.4, -0.2) is 17.7 Å². The fraction of sp³-hybridized carbons (Fsp3) is 0.318. The van der Waals surface area contributed by atoms with E-state index in [4.69, 9.17) is 0 Å². The predicted octanol–water partition coefficient (Wildman–Crippen LogP) is 4.13. The second-order valence-electron chi connectivity index (χ2n) is 7.49. The van der Waals surface area contributed by atoms with Crippen LogP contribution >= 0.6 is 0 Å². The van der Waals surface area contributed by atoms with Crippen LogP contribution < -0.4 is 16.0 Å². The van der Waals surface area contributed by atoms with Crippen LogP contribution in [0.25, 0.3) is 0 Å². The maximum absolute atomic E-state index is 12.9. The van der Waals surface area contributed by atoms with Crippen molar-refractivity contribution in [3.63, 3.8) is 0 Å². The fourth-order valence-corrected chi connectivity index (χ4v) is 3.13. The van der Waals surface area contributed by atoms with Crippen LogP contribution in [0, 0.1) is 5.41 Å². The van der Waals surface area contributed by atoms with Gasteiger partial charge in [-0.25, -0.2) is 0 Å². The average Bonchev–Trinajstić information content (AvgIpc) is 3.45. The summed E-state index contributed by atoms with van der Waals surface area (Å²) in [6.45, 7) is 5.56. The van der Waals surface area contributed by atoms with Crippen molar-refractivity contribution in [1.82, 2.24) is 0 Å². The Morgan fingerprint density at radius 1 is 0.821 bits per heavy atom. The molecule has 0 aliphatic heterocycles. The van der Waals surface area contributed by atoms with Crippen LogP contribution in [0.2, 0.25) is 0 Å². The molecule has 146 valence electrons. The molecule has 28 heavy (non-hydrogen) atoms. The van der Waals surface area contributed by atoms with E-state index in [9.17, 15) is 14.4 Å². The molecule has 1 aliphatic carbocycles. The SMILES string of the molecule is CC(=O)Nc1ccc(NC(=O)C2(C(=O)Nc3ccccc3C(C)C)CC2)cc1. The van der Waals surface area contributed by atoms with Crippen molar-refractivity contribution in [3.8, 4) is 0 Å². The monoisotopic (exact) mass is 379 g/mol. The normalized spacial score (nSPS) is 14.3. The minimum atomic E-state index is -1.03. The molecule has 1 saturated carbocycles. The van der Waals surface area contributed by atoms with Gasteiger partial charge in [-0.3, -0.25) is 14.4 Å². The number of nitrogens with one attached hydrogen (secondary N) is 3. The topological polar surface area (TPSA) is 87.3 Å².